The maximum Gasteiger partial charge on any atom is 0.326 e. The predicted octanol–water partition coefficient (Wildman–Crippen LogP) is 2.75. The van der Waals surface area contributed by atoms with E-state index in [0.717, 1.165) is 57.8 Å². The predicted molar refractivity (Wildman–Crippen MR) is 184 cm³/mol. The summed E-state index contributed by atoms with van der Waals surface area (Å²) in [5, 5.41) is 36.0. The zero-order chi connectivity index (χ0) is 35.6. The molecule has 5 fully saturated rings. The number of rotatable bonds is 11. The molecule has 14 atom stereocenters. The van der Waals surface area contributed by atoms with Gasteiger partial charge in [-0.2, -0.15) is 5.06 Å². The van der Waals surface area contributed by atoms with Gasteiger partial charge in [0.15, 0.2) is 0 Å². The summed E-state index contributed by atoms with van der Waals surface area (Å²) in [6, 6.07) is -1.21. The van der Waals surface area contributed by atoms with Crippen molar-refractivity contribution in [1.29, 1.82) is 0 Å². The van der Waals surface area contributed by atoms with Crippen molar-refractivity contribution in [2.45, 2.75) is 134 Å². The zero-order valence-electron chi connectivity index (χ0n) is 30.7. The van der Waals surface area contributed by atoms with Gasteiger partial charge in [-0.1, -0.05) is 33.1 Å². The van der Waals surface area contributed by atoms with E-state index in [4.69, 9.17) is 9.57 Å². The molecule has 2 aliphatic heterocycles. The molecule has 2 saturated heterocycles. The normalized spacial score (nSPS) is 41.2. The molecule has 0 bridgehead atoms. The van der Waals surface area contributed by atoms with E-state index in [1.807, 2.05) is 0 Å². The van der Waals surface area contributed by atoms with Gasteiger partial charge in [0.2, 0.25) is 11.8 Å². The van der Waals surface area contributed by atoms with E-state index in [-0.39, 0.29) is 60.3 Å². The molecule has 12 nitrogen and oxygen atoms in total. The van der Waals surface area contributed by atoms with Gasteiger partial charge in [-0.05, 0) is 96.1 Å². The fraction of sp³-hybridized carbons (Fsp3) is 0.919. The van der Waals surface area contributed by atoms with Crippen molar-refractivity contribution in [2.24, 2.45) is 41.4 Å². The number of aliphatic hydroxyl groups excluding tert-OH is 2. The van der Waals surface area contributed by atoms with Gasteiger partial charge >= 0.3 is 5.97 Å². The topological polar surface area (TPSA) is 152 Å². The Morgan fingerprint density at radius 3 is 2.41 bits per heavy atom. The van der Waals surface area contributed by atoms with Crippen molar-refractivity contribution in [3.63, 3.8) is 0 Å². The number of hydrogen-bond donors (Lipinski definition) is 4. The standard InChI is InChI=1S/C37H64N4O8/c1-21-10-7-13-29(22(21)2)38-35(44)33-32(23(3)43)31(20-42)49-41(33)19-24-11-8-12-28(34(24)48-6)25-16-26(18-27(17-25)39(4)5)36(45)40-15-9-14-30(40)37(46)47/h21-34,42-43H,7-20H2,1-6H3,(H,38,44)(H,46,47)/t21-,22-,23-,24?,25?,26?,27?,28?,29-,30-,31-,32+,33-,34?/m0/s1. The molecular weight excluding hydrogens is 628 g/mol. The van der Waals surface area contributed by atoms with Crippen LogP contribution in [0.25, 0.3) is 0 Å². The van der Waals surface area contributed by atoms with E-state index in [1.165, 1.54) is 0 Å². The van der Waals surface area contributed by atoms with Crippen LogP contribution in [-0.2, 0) is 24.0 Å². The second kappa shape index (κ2) is 16.7. The van der Waals surface area contributed by atoms with Crippen LogP contribution >= 0.6 is 0 Å². The molecular formula is C37H64N4O8. The summed E-state index contributed by atoms with van der Waals surface area (Å²) in [4.78, 5) is 50.1. The number of carbonyl (C=O) groups is 3. The Bertz CT molecular complexity index is 1140. The number of methoxy groups -OCH3 is 1. The number of carboxylic acids is 1. The summed E-state index contributed by atoms with van der Waals surface area (Å²) in [6.07, 6.45) is 7.93. The molecule has 49 heavy (non-hydrogen) atoms. The Balaban J connectivity index is 1.34. The first-order chi connectivity index (χ1) is 23.4. The Morgan fingerprint density at radius 2 is 1.76 bits per heavy atom. The molecule has 12 heteroatoms. The van der Waals surface area contributed by atoms with E-state index in [0.29, 0.717) is 37.8 Å². The van der Waals surface area contributed by atoms with E-state index in [9.17, 15) is 29.7 Å². The molecule has 0 aromatic rings. The monoisotopic (exact) mass is 692 g/mol. The van der Waals surface area contributed by atoms with Crippen LogP contribution in [0.2, 0.25) is 0 Å². The first-order valence-corrected chi connectivity index (χ1v) is 19.1. The molecule has 2 heterocycles. The van der Waals surface area contributed by atoms with E-state index < -0.39 is 36.2 Å². The van der Waals surface area contributed by atoms with Crippen molar-refractivity contribution in [3.8, 4) is 0 Å². The largest absolute Gasteiger partial charge is 0.480 e. The molecule has 0 spiro atoms. The van der Waals surface area contributed by atoms with Gasteiger partial charge < -0.3 is 35.2 Å². The SMILES string of the molecule is COC1C(CN2O[C@@H](CO)[C@@H]([C@H](C)O)[C@H]2C(=O)N[C@H]2CCC[C@H](C)[C@@H]2C)CCCC1C1CC(C(=O)N2CCC[C@H]2C(=O)O)CC(N(C)C)C1. The Kier molecular flexibility index (Phi) is 13.1. The Hall–Kier alpha value is -1.83. The Labute approximate surface area is 293 Å². The van der Waals surface area contributed by atoms with Crippen molar-refractivity contribution in [2.75, 3.05) is 40.9 Å². The van der Waals surface area contributed by atoms with Crippen LogP contribution in [0.15, 0.2) is 0 Å². The molecule has 2 amide bonds. The average Bonchev–Trinajstić information content (AvgIpc) is 3.72. The lowest BCUT2D eigenvalue weighted by Gasteiger charge is -2.47. The number of hydrogen-bond acceptors (Lipinski definition) is 9. The highest BCUT2D eigenvalue weighted by Crippen LogP contribution is 2.46. The molecule has 0 radical (unpaired) electrons. The zero-order valence-corrected chi connectivity index (χ0v) is 30.7. The minimum absolute atomic E-state index is 0.0250. The molecule has 3 aliphatic carbocycles. The van der Waals surface area contributed by atoms with E-state index in [2.05, 4.69) is 38.2 Å². The minimum Gasteiger partial charge on any atom is -0.480 e. The highest BCUT2D eigenvalue weighted by molar-refractivity contribution is 5.86. The summed E-state index contributed by atoms with van der Waals surface area (Å²) in [5.74, 6) is -0.587. The quantitative estimate of drug-likeness (QED) is 0.255. The van der Waals surface area contributed by atoms with Gasteiger partial charge in [0.05, 0.1) is 18.8 Å². The van der Waals surface area contributed by atoms with Crippen LogP contribution in [0.5, 0.6) is 0 Å². The molecule has 6 unspecified atom stereocenters. The number of carbonyl (C=O) groups excluding carboxylic acids is 2. The van der Waals surface area contributed by atoms with E-state index >= 15 is 0 Å². The number of nitrogens with one attached hydrogen (secondary N) is 1. The van der Waals surface area contributed by atoms with Crippen molar-refractivity contribution in [3.05, 3.63) is 0 Å². The molecule has 4 N–H and O–H groups in total. The van der Waals surface area contributed by atoms with Gasteiger partial charge in [0.25, 0.3) is 0 Å². The second-order valence-electron chi connectivity index (χ2n) is 16.4. The lowest BCUT2D eigenvalue weighted by molar-refractivity contribution is -0.192. The van der Waals surface area contributed by atoms with Crippen molar-refractivity contribution < 1.29 is 39.3 Å². The first-order valence-electron chi connectivity index (χ1n) is 19.1. The van der Waals surface area contributed by atoms with Crippen LogP contribution in [0.4, 0.5) is 0 Å². The van der Waals surface area contributed by atoms with Gasteiger partial charge in [-0.15, -0.1) is 0 Å². The third kappa shape index (κ3) is 8.30. The van der Waals surface area contributed by atoms with Crippen molar-refractivity contribution in [1.82, 2.24) is 20.2 Å². The lowest BCUT2D eigenvalue weighted by Crippen LogP contribution is -2.55. The Morgan fingerprint density at radius 1 is 1.02 bits per heavy atom. The number of aliphatic carboxylic acids is 1. The van der Waals surface area contributed by atoms with Crippen LogP contribution < -0.4 is 5.32 Å². The molecule has 280 valence electrons. The van der Waals surface area contributed by atoms with Crippen LogP contribution in [0, 0.1) is 41.4 Å². The number of nitrogens with zero attached hydrogens (tertiary/aromatic N) is 3. The molecule has 3 saturated carbocycles. The highest BCUT2D eigenvalue weighted by Gasteiger charge is 2.52. The van der Waals surface area contributed by atoms with Crippen LogP contribution in [0.1, 0.15) is 91.4 Å². The molecule has 5 rings (SSSR count). The lowest BCUT2D eigenvalue weighted by atomic mass is 9.65. The number of hydroxylamine groups is 2. The third-order valence-corrected chi connectivity index (χ3v) is 13.3. The highest BCUT2D eigenvalue weighted by atomic mass is 16.7. The fourth-order valence-electron chi connectivity index (χ4n) is 10.4. The second-order valence-corrected chi connectivity index (χ2v) is 16.4. The first kappa shape index (κ1) is 38.4. The number of aliphatic hydroxyl groups is 2. The molecule has 0 aromatic carbocycles. The maximum atomic E-state index is 14.1. The number of likely N-dealkylation sites (tertiary alicyclic amines) is 1. The van der Waals surface area contributed by atoms with Gasteiger partial charge in [-0.3, -0.25) is 14.4 Å². The summed E-state index contributed by atoms with van der Waals surface area (Å²) in [6.45, 7) is 6.75. The fourth-order valence-corrected chi connectivity index (χ4v) is 10.4. The number of ether oxygens (including phenoxy) is 1. The molecule has 5 aliphatic rings. The molecule has 0 aromatic heterocycles. The maximum absolute atomic E-state index is 14.1. The summed E-state index contributed by atoms with van der Waals surface area (Å²) in [5.41, 5.74) is 0. The smallest absolute Gasteiger partial charge is 0.326 e. The number of carboxylic acid groups (broad SMARTS) is 1. The van der Waals surface area contributed by atoms with Gasteiger partial charge in [0, 0.05) is 50.0 Å². The minimum atomic E-state index is -0.919. The van der Waals surface area contributed by atoms with Crippen molar-refractivity contribution >= 4 is 17.8 Å². The summed E-state index contributed by atoms with van der Waals surface area (Å²) < 4.78 is 6.32. The van der Waals surface area contributed by atoms with E-state index in [1.54, 1.807) is 24.0 Å². The summed E-state index contributed by atoms with van der Waals surface area (Å²) >= 11 is 0. The summed E-state index contributed by atoms with van der Waals surface area (Å²) in [7, 11) is 5.87. The average molecular weight is 693 g/mol. The van der Waals surface area contributed by atoms with Gasteiger partial charge in [0.1, 0.15) is 18.2 Å². The number of amides is 2. The third-order valence-electron chi connectivity index (χ3n) is 13.3. The van der Waals surface area contributed by atoms with Crippen LogP contribution in [0.3, 0.4) is 0 Å². The van der Waals surface area contributed by atoms with Crippen LogP contribution in [-0.4, -0.2) is 131 Å². The van der Waals surface area contributed by atoms with Gasteiger partial charge in [-0.25, -0.2) is 4.79 Å².